The second-order valence-electron chi connectivity index (χ2n) is 13.1. The summed E-state index contributed by atoms with van der Waals surface area (Å²) in [4.78, 5) is 7.54. The first-order valence-corrected chi connectivity index (χ1v) is 18.8. The van der Waals surface area contributed by atoms with Gasteiger partial charge in [0.2, 0.25) is 0 Å². The van der Waals surface area contributed by atoms with Gasteiger partial charge in [0.1, 0.15) is 5.01 Å². The lowest BCUT2D eigenvalue weighted by molar-refractivity contribution is 1.31. The molecule has 0 spiro atoms. The molecule has 0 aliphatic carbocycles. The van der Waals surface area contributed by atoms with E-state index in [1.54, 1.807) is 11.3 Å². The number of nitrogens with zero attached hydrogens (tertiary/aromatic N) is 2. The van der Waals surface area contributed by atoms with Crippen molar-refractivity contribution in [1.82, 2.24) is 4.98 Å². The van der Waals surface area contributed by atoms with Crippen molar-refractivity contribution in [2.75, 3.05) is 4.90 Å². The molecule has 0 aliphatic rings. The minimum Gasteiger partial charge on any atom is -0.310 e. The van der Waals surface area contributed by atoms with Crippen LogP contribution in [0.3, 0.4) is 0 Å². The fourth-order valence-corrected chi connectivity index (χ4v) is 10.1. The van der Waals surface area contributed by atoms with Gasteiger partial charge in [-0.3, -0.25) is 0 Å². The van der Waals surface area contributed by atoms with Crippen LogP contribution in [0.1, 0.15) is 0 Å². The Morgan fingerprint density at radius 1 is 0.412 bits per heavy atom. The first-order valence-electron chi connectivity index (χ1n) is 17.2. The van der Waals surface area contributed by atoms with Crippen LogP contribution in [0.2, 0.25) is 0 Å². The third kappa shape index (κ3) is 4.51. The van der Waals surface area contributed by atoms with E-state index in [0.717, 1.165) is 33.1 Å². The molecule has 9 aromatic carbocycles. The Hall–Kier alpha value is -6.07. The van der Waals surface area contributed by atoms with Crippen molar-refractivity contribution >= 4 is 113 Å². The number of fused-ring (bicyclic) bond motifs is 11. The van der Waals surface area contributed by atoms with Gasteiger partial charge in [-0.25, -0.2) is 4.98 Å². The van der Waals surface area contributed by atoms with Crippen LogP contribution in [0.4, 0.5) is 17.1 Å². The number of benzene rings is 9. The van der Waals surface area contributed by atoms with Crippen molar-refractivity contribution in [3.05, 3.63) is 170 Å². The molecule has 11 aromatic rings. The predicted octanol–water partition coefficient (Wildman–Crippen LogP) is 14.4. The SMILES string of the molecule is c1ccc(-c2nc3ccc4ccc5ccc6cc(N(c7ccc8sc9ccccc9c8c7)c7cccc8ccccc78)ccc6c5c4c3s2)cc1. The molecule has 0 radical (unpaired) electrons. The van der Waals surface area contributed by atoms with Crippen molar-refractivity contribution in [3.63, 3.8) is 0 Å². The smallest absolute Gasteiger partial charge is 0.124 e. The molecule has 0 bridgehead atoms. The molecule has 2 nitrogen and oxygen atoms in total. The lowest BCUT2D eigenvalue weighted by Gasteiger charge is -2.27. The van der Waals surface area contributed by atoms with Crippen LogP contribution in [-0.4, -0.2) is 4.98 Å². The molecule has 238 valence electrons. The summed E-state index contributed by atoms with van der Waals surface area (Å²) in [5.74, 6) is 0. The topological polar surface area (TPSA) is 16.1 Å². The van der Waals surface area contributed by atoms with Crippen molar-refractivity contribution < 1.29 is 0 Å². The molecule has 0 amide bonds. The van der Waals surface area contributed by atoms with Crippen molar-refractivity contribution in [2.45, 2.75) is 0 Å². The van der Waals surface area contributed by atoms with E-state index in [2.05, 4.69) is 175 Å². The Morgan fingerprint density at radius 2 is 1.10 bits per heavy atom. The average molecular weight is 685 g/mol. The van der Waals surface area contributed by atoms with Gasteiger partial charge in [-0.15, -0.1) is 22.7 Å². The zero-order chi connectivity index (χ0) is 33.5. The zero-order valence-electron chi connectivity index (χ0n) is 27.4. The summed E-state index contributed by atoms with van der Waals surface area (Å²) >= 11 is 3.65. The monoisotopic (exact) mass is 684 g/mol. The van der Waals surface area contributed by atoms with Crippen LogP contribution < -0.4 is 4.90 Å². The van der Waals surface area contributed by atoms with E-state index in [1.165, 1.54) is 68.0 Å². The summed E-state index contributed by atoms with van der Waals surface area (Å²) in [6.45, 7) is 0. The van der Waals surface area contributed by atoms with Gasteiger partial charge in [-0.2, -0.15) is 0 Å². The molecule has 2 heterocycles. The molecule has 0 saturated carbocycles. The van der Waals surface area contributed by atoms with Crippen LogP contribution in [-0.2, 0) is 0 Å². The summed E-state index contributed by atoms with van der Waals surface area (Å²) in [7, 11) is 0. The molecule has 0 fully saturated rings. The molecule has 2 aromatic heterocycles. The van der Waals surface area contributed by atoms with Gasteiger partial charge in [-0.1, -0.05) is 121 Å². The molecule has 0 N–H and O–H groups in total. The van der Waals surface area contributed by atoms with E-state index in [1.807, 2.05) is 11.3 Å². The fourth-order valence-electron chi connectivity index (χ4n) is 7.86. The maximum atomic E-state index is 5.10. The number of aromatic nitrogens is 1. The Balaban J connectivity index is 1.16. The maximum absolute atomic E-state index is 5.10. The molecule has 0 unspecified atom stereocenters. The van der Waals surface area contributed by atoms with Gasteiger partial charge >= 0.3 is 0 Å². The van der Waals surface area contributed by atoms with Crippen LogP contribution in [0.25, 0.3) is 84.0 Å². The summed E-state index contributed by atoms with van der Waals surface area (Å²) in [5.41, 5.74) is 5.64. The molecule has 0 aliphatic heterocycles. The number of hydrogen-bond donors (Lipinski definition) is 0. The largest absolute Gasteiger partial charge is 0.310 e. The first kappa shape index (κ1) is 28.7. The number of thiazole rings is 1. The Morgan fingerprint density at radius 3 is 2.00 bits per heavy atom. The quantitative estimate of drug-likeness (QED) is 0.172. The number of thiophene rings is 1. The number of hydrogen-bond acceptors (Lipinski definition) is 4. The van der Waals surface area contributed by atoms with Crippen molar-refractivity contribution in [1.29, 1.82) is 0 Å². The number of rotatable bonds is 4. The molecule has 11 rings (SSSR count). The van der Waals surface area contributed by atoms with Crippen LogP contribution in [0, 0.1) is 0 Å². The lowest BCUT2D eigenvalue weighted by Crippen LogP contribution is -2.10. The highest BCUT2D eigenvalue weighted by Gasteiger charge is 2.19. The summed E-state index contributed by atoms with van der Waals surface area (Å²) < 4.78 is 3.86. The van der Waals surface area contributed by atoms with Gasteiger partial charge in [0.25, 0.3) is 0 Å². The second kappa shape index (κ2) is 11.2. The van der Waals surface area contributed by atoms with Gasteiger partial charge < -0.3 is 4.90 Å². The first-order chi connectivity index (χ1) is 25.3. The molecular formula is C47H28N2S2. The molecule has 0 saturated heterocycles. The third-order valence-electron chi connectivity index (χ3n) is 10.2. The third-order valence-corrected chi connectivity index (χ3v) is 12.5. The highest BCUT2D eigenvalue weighted by molar-refractivity contribution is 7.25. The predicted molar refractivity (Wildman–Crippen MR) is 223 cm³/mol. The van der Waals surface area contributed by atoms with E-state index in [4.69, 9.17) is 4.98 Å². The maximum Gasteiger partial charge on any atom is 0.124 e. The zero-order valence-corrected chi connectivity index (χ0v) is 29.0. The lowest BCUT2D eigenvalue weighted by atomic mass is 9.95. The van der Waals surface area contributed by atoms with Gasteiger partial charge in [0.15, 0.2) is 0 Å². The van der Waals surface area contributed by atoms with Gasteiger partial charge in [0, 0.05) is 47.9 Å². The van der Waals surface area contributed by atoms with E-state index in [0.29, 0.717) is 0 Å². The van der Waals surface area contributed by atoms with E-state index < -0.39 is 0 Å². The average Bonchev–Trinajstić information content (AvgIpc) is 3.80. The summed E-state index contributed by atoms with van der Waals surface area (Å²) in [5, 5.41) is 13.6. The normalized spacial score (nSPS) is 11.9. The Labute approximate surface area is 302 Å². The molecular weight excluding hydrogens is 657 g/mol. The van der Waals surface area contributed by atoms with Crippen molar-refractivity contribution in [3.8, 4) is 10.6 Å². The van der Waals surface area contributed by atoms with Gasteiger partial charge in [-0.05, 0) is 80.8 Å². The van der Waals surface area contributed by atoms with Crippen LogP contribution in [0.5, 0.6) is 0 Å². The van der Waals surface area contributed by atoms with Gasteiger partial charge in [0.05, 0.1) is 15.9 Å². The summed E-state index contributed by atoms with van der Waals surface area (Å²) in [6.07, 6.45) is 0. The molecule has 51 heavy (non-hydrogen) atoms. The van der Waals surface area contributed by atoms with E-state index in [-0.39, 0.29) is 0 Å². The Kier molecular flexibility index (Phi) is 6.32. The highest BCUT2D eigenvalue weighted by atomic mass is 32.1. The van der Waals surface area contributed by atoms with E-state index >= 15 is 0 Å². The van der Waals surface area contributed by atoms with Crippen LogP contribution in [0.15, 0.2) is 170 Å². The standard InChI is InChI=1S/C47H28N2S2/c1-2-10-32(11-3-1)47-48-40-25-21-31-18-17-30-19-20-33-27-34(22-24-37(33)44(30)45(31)46(40)51-47)49(41-15-8-12-29-9-4-5-13-36(29)41)35-23-26-43-39(28-35)38-14-6-7-16-42(38)50-43/h1-28H. The summed E-state index contributed by atoms with van der Waals surface area (Å²) in [6, 6.07) is 62.0. The van der Waals surface area contributed by atoms with Crippen LogP contribution >= 0.6 is 22.7 Å². The minimum absolute atomic E-state index is 1.05. The van der Waals surface area contributed by atoms with Crippen molar-refractivity contribution in [2.24, 2.45) is 0 Å². The van der Waals surface area contributed by atoms with E-state index in [9.17, 15) is 0 Å². The molecule has 0 atom stereocenters. The fraction of sp³-hybridized carbons (Fsp3) is 0. The second-order valence-corrected chi connectivity index (χ2v) is 15.2. The molecule has 4 heteroatoms. The highest BCUT2D eigenvalue weighted by Crippen LogP contribution is 2.45. The Bertz CT molecular complexity index is 3150. The minimum atomic E-state index is 1.05. The number of anilines is 3.